The molecule has 0 heterocycles. The van der Waals surface area contributed by atoms with Gasteiger partial charge in [-0.2, -0.15) is 39.2 Å². The molecule has 0 radical (unpaired) electrons. The molecule has 0 aromatic heterocycles. The zero-order valence-electron chi connectivity index (χ0n) is 21.9. The van der Waals surface area contributed by atoms with E-state index in [1.165, 1.54) is 13.8 Å². The fraction of sp³-hybridized carbons (Fsp3) is 0.917. The van der Waals surface area contributed by atoms with Crippen LogP contribution < -0.4 is 0 Å². The zero-order chi connectivity index (χ0) is 30.4. The first-order valence-corrected chi connectivity index (χ1v) is 14.4. The number of carbonyl (C=O) groups is 2. The van der Waals surface area contributed by atoms with Crippen LogP contribution in [0.25, 0.3) is 0 Å². The number of hydrogen-bond acceptors (Lipinski definition) is 7. The van der Waals surface area contributed by atoms with Crippen molar-refractivity contribution in [1.29, 1.82) is 0 Å². The normalized spacial score (nSPS) is 28.4. The van der Waals surface area contributed by atoms with Gasteiger partial charge in [0.15, 0.2) is 0 Å². The lowest BCUT2D eigenvalue weighted by molar-refractivity contribution is -0.359. The molecule has 8 nitrogen and oxygen atoms in total. The SMILES string of the molecule is CC(C)COC(=O)C(OCCCCC(F)(F)C(F)(F)S(=O)(=O)O)(OC(=O)C12CC3CC(CC(C3)C1)C2)C(F)(F)F. The largest absolute Gasteiger partial charge is 0.468 e. The molecule has 16 heteroatoms. The molecule has 232 valence electrons. The van der Waals surface area contributed by atoms with Gasteiger partial charge >= 0.3 is 45.2 Å². The molecule has 4 aliphatic rings. The van der Waals surface area contributed by atoms with Crippen LogP contribution in [0.5, 0.6) is 0 Å². The van der Waals surface area contributed by atoms with Gasteiger partial charge in [0.1, 0.15) is 0 Å². The van der Waals surface area contributed by atoms with Crippen molar-refractivity contribution >= 4 is 22.1 Å². The number of alkyl halides is 7. The molecule has 0 amide bonds. The molecule has 0 aliphatic heterocycles. The summed E-state index contributed by atoms with van der Waals surface area (Å²) in [5, 5.41) is -5.84. The predicted molar refractivity (Wildman–Crippen MR) is 123 cm³/mol. The monoisotopic (exact) mass is 614 g/mol. The van der Waals surface area contributed by atoms with E-state index < -0.39 is 89.0 Å². The molecule has 0 aromatic carbocycles. The van der Waals surface area contributed by atoms with Gasteiger partial charge in [0, 0.05) is 6.42 Å². The van der Waals surface area contributed by atoms with Crippen LogP contribution in [-0.2, 0) is 33.9 Å². The summed E-state index contributed by atoms with van der Waals surface area (Å²) < 4.78 is 142. The summed E-state index contributed by atoms with van der Waals surface area (Å²) in [5.74, 6) is -12.9. The van der Waals surface area contributed by atoms with Crippen LogP contribution in [0.4, 0.5) is 30.7 Å². The number of rotatable bonds is 13. The Hall–Kier alpha value is -1.68. The second-order valence-corrected chi connectivity index (χ2v) is 13.2. The van der Waals surface area contributed by atoms with E-state index in [2.05, 4.69) is 0 Å². The van der Waals surface area contributed by atoms with Crippen molar-refractivity contribution in [3.05, 3.63) is 0 Å². The molecule has 4 saturated carbocycles. The van der Waals surface area contributed by atoms with E-state index in [1.807, 2.05) is 0 Å². The molecular weight excluding hydrogens is 581 g/mol. The number of unbranched alkanes of at least 4 members (excludes halogenated alkanes) is 1. The molecule has 1 N–H and O–H groups in total. The van der Waals surface area contributed by atoms with E-state index in [-0.39, 0.29) is 17.8 Å². The van der Waals surface area contributed by atoms with Crippen LogP contribution in [0, 0.1) is 29.1 Å². The fourth-order valence-electron chi connectivity index (χ4n) is 6.32. The third kappa shape index (κ3) is 6.37. The Balaban J connectivity index is 1.78. The summed E-state index contributed by atoms with van der Waals surface area (Å²) in [4.78, 5) is 26.1. The lowest BCUT2D eigenvalue weighted by atomic mass is 9.49. The van der Waals surface area contributed by atoms with Crippen molar-refractivity contribution in [3.63, 3.8) is 0 Å². The first-order chi connectivity index (χ1) is 18.2. The standard InChI is InChI=1S/C24H33F7O8S/c1-14(2)13-37-19(33)22(23(27,28)29,38-6-4-3-5-21(25,26)24(30,31)40(34,35)36)39-18(32)20-10-15-7-16(11-20)9-17(8-15)12-20/h14-17H,3-13H2,1-2H3,(H,34,35,36). The Bertz CT molecular complexity index is 1020. The summed E-state index contributed by atoms with van der Waals surface area (Å²) in [5.41, 5.74) is -1.24. The molecule has 4 rings (SSSR count). The van der Waals surface area contributed by atoms with E-state index in [0.29, 0.717) is 19.3 Å². The second-order valence-electron chi connectivity index (χ2n) is 11.7. The van der Waals surface area contributed by atoms with Gasteiger partial charge in [0.05, 0.1) is 18.6 Å². The predicted octanol–water partition coefficient (Wildman–Crippen LogP) is 5.51. The number of ether oxygens (including phenoxy) is 3. The van der Waals surface area contributed by atoms with Gasteiger partial charge in [-0.15, -0.1) is 0 Å². The molecule has 1 atom stereocenters. The smallest absolute Gasteiger partial charge is 0.460 e. The maximum absolute atomic E-state index is 14.5. The average molecular weight is 615 g/mol. The molecule has 4 bridgehead atoms. The van der Waals surface area contributed by atoms with Gasteiger partial charge in [-0.1, -0.05) is 13.8 Å². The van der Waals surface area contributed by atoms with Gasteiger partial charge < -0.3 is 14.2 Å². The van der Waals surface area contributed by atoms with Crippen molar-refractivity contribution in [2.45, 2.75) is 94.8 Å². The van der Waals surface area contributed by atoms with Crippen LogP contribution in [0.1, 0.15) is 71.6 Å². The maximum Gasteiger partial charge on any atom is 0.468 e. The molecule has 0 saturated heterocycles. The average Bonchev–Trinajstić information content (AvgIpc) is 2.78. The number of halogens is 7. The quantitative estimate of drug-likeness (QED) is 0.0950. The van der Waals surface area contributed by atoms with Crippen molar-refractivity contribution in [3.8, 4) is 0 Å². The van der Waals surface area contributed by atoms with Crippen LogP contribution >= 0.6 is 0 Å². The van der Waals surface area contributed by atoms with E-state index >= 15 is 0 Å². The van der Waals surface area contributed by atoms with Crippen molar-refractivity contribution in [2.24, 2.45) is 29.1 Å². The molecule has 40 heavy (non-hydrogen) atoms. The topological polar surface area (TPSA) is 116 Å². The van der Waals surface area contributed by atoms with E-state index in [1.54, 1.807) is 0 Å². The number of carbonyl (C=O) groups excluding carboxylic acids is 2. The van der Waals surface area contributed by atoms with E-state index in [4.69, 9.17) is 18.8 Å². The summed E-state index contributed by atoms with van der Waals surface area (Å²) >= 11 is 0. The Morgan fingerprint density at radius 2 is 1.43 bits per heavy atom. The van der Waals surface area contributed by atoms with Crippen LogP contribution in [0.15, 0.2) is 0 Å². The zero-order valence-corrected chi connectivity index (χ0v) is 22.8. The number of esters is 2. The van der Waals surface area contributed by atoms with Gasteiger partial charge in [-0.25, -0.2) is 4.79 Å². The van der Waals surface area contributed by atoms with Crippen molar-refractivity contribution in [1.82, 2.24) is 0 Å². The fourth-order valence-corrected chi connectivity index (χ4v) is 6.80. The van der Waals surface area contributed by atoms with Crippen LogP contribution in [-0.4, -0.2) is 61.3 Å². The highest BCUT2D eigenvalue weighted by Gasteiger charge is 2.70. The highest BCUT2D eigenvalue weighted by Crippen LogP contribution is 2.61. The Kier molecular flexibility index (Phi) is 9.19. The van der Waals surface area contributed by atoms with Gasteiger partial charge in [0.25, 0.3) is 0 Å². The van der Waals surface area contributed by atoms with Crippen molar-refractivity contribution in [2.75, 3.05) is 13.2 Å². The molecule has 4 fully saturated rings. The van der Waals surface area contributed by atoms with Gasteiger partial charge in [0.2, 0.25) is 0 Å². The maximum atomic E-state index is 14.5. The summed E-state index contributed by atoms with van der Waals surface area (Å²) in [6.07, 6.45) is -5.88. The molecule has 0 aromatic rings. The van der Waals surface area contributed by atoms with E-state index in [0.717, 1.165) is 19.3 Å². The Labute approximate surface area is 227 Å². The van der Waals surface area contributed by atoms with Crippen molar-refractivity contribution < 1.29 is 67.5 Å². The second kappa shape index (κ2) is 11.2. The number of hydrogen-bond donors (Lipinski definition) is 1. The molecule has 4 aliphatic carbocycles. The third-order valence-corrected chi connectivity index (χ3v) is 8.78. The minimum atomic E-state index is -6.48. The van der Waals surface area contributed by atoms with Gasteiger partial charge in [-0.3, -0.25) is 9.35 Å². The highest BCUT2D eigenvalue weighted by atomic mass is 32.2. The molecule has 1 unspecified atom stereocenters. The summed E-state index contributed by atoms with van der Waals surface area (Å²) in [6, 6.07) is 0. The first kappa shape index (κ1) is 32.8. The summed E-state index contributed by atoms with van der Waals surface area (Å²) in [7, 11) is -6.48. The minimum Gasteiger partial charge on any atom is -0.460 e. The third-order valence-electron chi connectivity index (χ3n) is 7.84. The van der Waals surface area contributed by atoms with E-state index in [9.17, 15) is 48.7 Å². The Morgan fingerprint density at radius 1 is 0.925 bits per heavy atom. The Morgan fingerprint density at radius 3 is 1.85 bits per heavy atom. The minimum absolute atomic E-state index is 0.135. The van der Waals surface area contributed by atoms with Gasteiger partial charge in [-0.05, 0) is 75.0 Å². The lowest BCUT2D eigenvalue weighted by Crippen LogP contribution is -2.61. The first-order valence-electron chi connectivity index (χ1n) is 13.0. The highest BCUT2D eigenvalue weighted by molar-refractivity contribution is 7.87. The van der Waals surface area contributed by atoms with Crippen LogP contribution in [0.2, 0.25) is 0 Å². The molecule has 0 spiro atoms. The lowest BCUT2D eigenvalue weighted by Gasteiger charge is -2.55. The van der Waals surface area contributed by atoms with Crippen LogP contribution in [0.3, 0.4) is 0 Å². The summed E-state index contributed by atoms with van der Waals surface area (Å²) in [6.45, 7) is 1.41. The molecular formula is C24H33F7O8S.